The van der Waals surface area contributed by atoms with Gasteiger partial charge in [-0.15, -0.1) is 0 Å². The van der Waals surface area contributed by atoms with Crippen molar-refractivity contribution in [2.45, 2.75) is 26.2 Å². The zero-order valence-electron chi connectivity index (χ0n) is 8.79. The highest BCUT2D eigenvalue weighted by molar-refractivity contribution is 6.32. The predicted molar refractivity (Wildman–Crippen MR) is 61.1 cm³/mol. The van der Waals surface area contributed by atoms with E-state index >= 15 is 0 Å². The Bertz CT molecular complexity index is 357. The fraction of sp³-hybridized carbons (Fsp3) is 0.417. The predicted octanol–water partition coefficient (Wildman–Crippen LogP) is 3.72. The molecule has 0 saturated heterocycles. The zero-order valence-corrected chi connectivity index (χ0v) is 9.55. The fourth-order valence-electron chi connectivity index (χ4n) is 1.21. The van der Waals surface area contributed by atoms with Crippen LogP contribution in [-0.2, 0) is 0 Å². The van der Waals surface area contributed by atoms with E-state index in [1.54, 1.807) is 0 Å². The molecule has 2 nitrogen and oxygen atoms in total. The van der Waals surface area contributed by atoms with Crippen molar-refractivity contribution >= 4 is 11.6 Å². The first-order valence-electron chi connectivity index (χ1n) is 5.00. The Morgan fingerprint density at radius 3 is 2.87 bits per heavy atom. The van der Waals surface area contributed by atoms with Crippen molar-refractivity contribution in [3.05, 3.63) is 28.8 Å². The van der Waals surface area contributed by atoms with Crippen LogP contribution in [0, 0.1) is 18.3 Å². The van der Waals surface area contributed by atoms with E-state index in [9.17, 15) is 0 Å². The molecule has 0 aliphatic heterocycles. The smallest absolute Gasteiger partial charge is 0.137 e. The number of benzene rings is 1. The first-order chi connectivity index (χ1) is 7.24. The molecule has 0 bridgehead atoms. The van der Waals surface area contributed by atoms with Gasteiger partial charge in [-0.05, 0) is 37.5 Å². The number of aryl methyl sites for hydroxylation is 1. The normalized spacial score (nSPS) is 9.67. The van der Waals surface area contributed by atoms with Gasteiger partial charge in [-0.1, -0.05) is 17.7 Å². The minimum atomic E-state index is 0.588. The van der Waals surface area contributed by atoms with Crippen LogP contribution in [0.15, 0.2) is 18.2 Å². The third-order valence-electron chi connectivity index (χ3n) is 2.03. The molecule has 3 heteroatoms. The third kappa shape index (κ3) is 4.22. The molecule has 0 N–H and O–H groups in total. The topological polar surface area (TPSA) is 33.0 Å². The molecular weight excluding hydrogens is 210 g/mol. The van der Waals surface area contributed by atoms with Crippen molar-refractivity contribution < 1.29 is 4.74 Å². The highest BCUT2D eigenvalue weighted by Crippen LogP contribution is 2.25. The summed E-state index contributed by atoms with van der Waals surface area (Å²) in [4.78, 5) is 0. The maximum Gasteiger partial charge on any atom is 0.137 e. The van der Waals surface area contributed by atoms with Gasteiger partial charge in [0.25, 0.3) is 0 Å². The lowest BCUT2D eigenvalue weighted by molar-refractivity contribution is 0.307. The summed E-state index contributed by atoms with van der Waals surface area (Å²) < 4.78 is 5.50. The quantitative estimate of drug-likeness (QED) is 0.713. The van der Waals surface area contributed by atoms with Crippen molar-refractivity contribution in [1.29, 1.82) is 5.26 Å². The first-order valence-corrected chi connectivity index (χ1v) is 5.37. The Balaban J connectivity index is 2.35. The third-order valence-corrected chi connectivity index (χ3v) is 2.32. The number of halogens is 1. The van der Waals surface area contributed by atoms with Crippen molar-refractivity contribution in [2.24, 2.45) is 0 Å². The molecule has 1 rings (SSSR count). The molecule has 0 saturated carbocycles. The first kappa shape index (κ1) is 11.9. The lowest BCUT2D eigenvalue weighted by Gasteiger charge is -2.07. The molecule has 0 atom stereocenters. The Kier molecular flexibility index (Phi) is 5.00. The van der Waals surface area contributed by atoms with Crippen LogP contribution in [0.2, 0.25) is 5.02 Å². The van der Waals surface area contributed by atoms with Gasteiger partial charge in [0.05, 0.1) is 17.7 Å². The van der Waals surface area contributed by atoms with E-state index in [2.05, 4.69) is 6.07 Å². The van der Waals surface area contributed by atoms with Gasteiger partial charge in [0.2, 0.25) is 0 Å². The monoisotopic (exact) mass is 223 g/mol. The average Bonchev–Trinajstić information content (AvgIpc) is 2.20. The molecule has 15 heavy (non-hydrogen) atoms. The number of hydrogen-bond donors (Lipinski definition) is 0. The van der Waals surface area contributed by atoms with Gasteiger partial charge in [-0.25, -0.2) is 0 Å². The SMILES string of the molecule is Cc1ccc(OCCCCC#N)c(Cl)c1. The van der Waals surface area contributed by atoms with Gasteiger partial charge < -0.3 is 4.74 Å². The Morgan fingerprint density at radius 1 is 1.40 bits per heavy atom. The second kappa shape index (κ2) is 6.31. The van der Waals surface area contributed by atoms with Gasteiger partial charge in [0.1, 0.15) is 5.75 Å². The number of rotatable bonds is 5. The molecule has 80 valence electrons. The highest BCUT2D eigenvalue weighted by atomic mass is 35.5. The maximum atomic E-state index is 8.35. The van der Waals surface area contributed by atoms with Crippen molar-refractivity contribution in [2.75, 3.05) is 6.61 Å². The van der Waals surface area contributed by atoms with Crippen LogP contribution in [0.25, 0.3) is 0 Å². The summed E-state index contributed by atoms with van der Waals surface area (Å²) in [5.41, 5.74) is 1.12. The molecule has 0 fully saturated rings. The lowest BCUT2D eigenvalue weighted by Crippen LogP contribution is -1.97. The number of nitriles is 1. The fourth-order valence-corrected chi connectivity index (χ4v) is 1.50. The van der Waals surface area contributed by atoms with Crippen LogP contribution >= 0.6 is 11.6 Å². The van der Waals surface area contributed by atoms with Crippen LogP contribution in [0.5, 0.6) is 5.75 Å². The van der Waals surface area contributed by atoms with Crippen molar-refractivity contribution in [3.8, 4) is 11.8 Å². The van der Waals surface area contributed by atoms with Crippen LogP contribution in [0.3, 0.4) is 0 Å². The number of hydrogen-bond acceptors (Lipinski definition) is 2. The average molecular weight is 224 g/mol. The van der Waals surface area contributed by atoms with Crippen LogP contribution in [0.4, 0.5) is 0 Å². The summed E-state index contributed by atoms with van der Waals surface area (Å²) in [6.45, 7) is 2.60. The van der Waals surface area contributed by atoms with Gasteiger partial charge in [-0.3, -0.25) is 0 Å². The molecule has 0 amide bonds. The second-order valence-corrected chi connectivity index (χ2v) is 3.80. The molecule has 0 spiro atoms. The molecule has 0 unspecified atom stereocenters. The lowest BCUT2D eigenvalue weighted by atomic mass is 10.2. The Morgan fingerprint density at radius 2 is 2.20 bits per heavy atom. The van der Waals surface area contributed by atoms with Gasteiger partial charge in [0.15, 0.2) is 0 Å². The molecule has 0 aliphatic carbocycles. The van der Waals surface area contributed by atoms with Crippen molar-refractivity contribution in [1.82, 2.24) is 0 Å². The van der Waals surface area contributed by atoms with Crippen LogP contribution in [-0.4, -0.2) is 6.61 Å². The van der Waals surface area contributed by atoms with E-state index in [1.807, 2.05) is 25.1 Å². The largest absolute Gasteiger partial charge is 0.492 e. The van der Waals surface area contributed by atoms with E-state index in [0.717, 1.165) is 24.2 Å². The minimum absolute atomic E-state index is 0.588. The van der Waals surface area contributed by atoms with Crippen LogP contribution in [0.1, 0.15) is 24.8 Å². The Labute approximate surface area is 95.4 Å². The number of unbranched alkanes of at least 4 members (excludes halogenated alkanes) is 2. The minimum Gasteiger partial charge on any atom is -0.492 e. The Hall–Kier alpha value is -1.20. The zero-order chi connectivity index (χ0) is 11.1. The molecule has 1 aromatic carbocycles. The molecule has 0 radical (unpaired) electrons. The summed E-state index contributed by atoms with van der Waals surface area (Å²) >= 11 is 5.99. The molecule has 1 aromatic rings. The van der Waals surface area contributed by atoms with E-state index in [-0.39, 0.29) is 0 Å². The van der Waals surface area contributed by atoms with Gasteiger partial charge >= 0.3 is 0 Å². The molecule has 0 aliphatic rings. The highest BCUT2D eigenvalue weighted by Gasteiger charge is 2.00. The summed E-state index contributed by atoms with van der Waals surface area (Å²) in [5, 5.41) is 8.99. The summed E-state index contributed by atoms with van der Waals surface area (Å²) in [6, 6.07) is 7.83. The standard InChI is InChI=1S/C12H14ClNO/c1-10-5-6-12(11(13)9-10)15-8-4-2-3-7-14/h5-6,9H,2-4,8H2,1H3. The molecule has 0 aromatic heterocycles. The van der Waals surface area contributed by atoms with E-state index < -0.39 is 0 Å². The van der Waals surface area contributed by atoms with Crippen LogP contribution < -0.4 is 4.74 Å². The van der Waals surface area contributed by atoms with E-state index in [1.165, 1.54) is 0 Å². The second-order valence-electron chi connectivity index (χ2n) is 3.40. The number of ether oxygens (including phenoxy) is 1. The molecular formula is C12H14ClNO. The summed E-state index contributed by atoms with van der Waals surface area (Å²) in [7, 11) is 0. The summed E-state index contributed by atoms with van der Waals surface area (Å²) in [5.74, 6) is 0.722. The van der Waals surface area contributed by atoms with E-state index in [4.69, 9.17) is 21.6 Å². The van der Waals surface area contributed by atoms with Gasteiger partial charge in [0, 0.05) is 6.42 Å². The van der Waals surface area contributed by atoms with Gasteiger partial charge in [-0.2, -0.15) is 5.26 Å². The maximum absolute atomic E-state index is 8.35. The van der Waals surface area contributed by atoms with E-state index in [0.29, 0.717) is 18.1 Å². The molecule has 0 heterocycles. The van der Waals surface area contributed by atoms with Crippen molar-refractivity contribution in [3.63, 3.8) is 0 Å². The summed E-state index contributed by atoms with van der Waals surface area (Å²) in [6.07, 6.45) is 2.35. The number of nitrogens with zero attached hydrogens (tertiary/aromatic N) is 1.